The minimum absolute atomic E-state index is 0.636. The number of hydrogen-bond acceptors (Lipinski definition) is 3. The van der Waals surface area contributed by atoms with Crippen molar-refractivity contribution >= 4 is 17.3 Å². The van der Waals surface area contributed by atoms with Crippen molar-refractivity contribution in [2.24, 2.45) is 7.05 Å². The van der Waals surface area contributed by atoms with Crippen molar-refractivity contribution in [1.82, 2.24) is 14.8 Å². The minimum atomic E-state index is 0.636. The van der Waals surface area contributed by atoms with E-state index < -0.39 is 0 Å². The molecule has 72 valence electrons. The minimum Gasteiger partial charge on any atom is -0.398 e. The van der Waals surface area contributed by atoms with Gasteiger partial charge < -0.3 is 5.73 Å². The second kappa shape index (κ2) is 3.31. The monoisotopic (exact) mass is 208 g/mol. The number of anilines is 1. The maximum absolute atomic E-state index is 5.87. The highest BCUT2D eigenvalue weighted by molar-refractivity contribution is 6.31. The second-order valence-electron chi connectivity index (χ2n) is 2.94. The predicted octanol–water partition coefficient (Wildman–Crippen LogP) is 1.72. The number of hydrogen-bond donors (Lipinski definition) is 1. The van der Waals surface area contributed by atoms with Crippen LogP contribution in [0.2, 0.25) is 5.02 Å². The van der Waals surface area contributed by atoms with Crippen LogP contribution in [0.15, 0.2) is 24.5 Å². The standard InChI is InChI=1S/C9H9ClN4/c1-14-9(12-5-13-14)7-4-6(10)2-3-8(7)11/h2-5H,11H2,1H3. The lowest BCUT2D eigenvalue weighted by atomic mass is 10.2. The molecule has 0 saturated heterocycles. The van der Waals surface area contributed by atoms with Crippen LogP contribution >= 0.6 is 11.6 Å². The summed E-state index contributed by atoms with van der Waals surface area (Å²) in [5.74, 6) is 0.713. The second-order valence-corrected chi connectivity index (χ2v) is 3.38. The van der Waals surface area contributed by atoms with Crippen LogP contribution < -0.4 is 5.73 Å². The van der Waals surface area contributed by atoms with Crippen LogP contribution in [0, 0.1) is 0 Å². The van der Waals surface area contributed by atoms with Gasteiger partial charge in [-0.15, -0.1) is 0 Å². The molecule has 1 aromatic carbocycles. The van der Waals surface area contributed by atoms with E-state index in [4.69, 9.17) is 17.3 Å². The van der Waals surface area contributed by atoms with E-state index >= 15 is 0 Å². The summed E-state index contributed by atoms with van der Waals surface area (Å²) in [5, 5.41) is 4.61. The van der Waals surface area contributed by atoms with E-state index in [0.717, 1.165) is 5.56 Å². The van der Waals surface area contributed by atoms with E-state index in [1.165, 1.54) is 6.33 Å². The van der Waals surface area contributed by atoms with E-state index in [1.807, 2.05) is 7.05 Å². The molecule has 0 amide bonds. The lowest BCUT2D eigenvalue weighted by molar-refractivity contribution is 0.775. The van der Waals surface area contributed by atoms with Crippen molar-refractivity contribution in [3.63, 3.8) is 0 Å². The van der Waals surface area contributed by atoms with Crippen LogP contribution in [-0.2, 0) is 7.05 Å². The Bertz CT molecular complexity index is 464. The zero-order valence-corrected chi connectivity index (χ0v) is 8.36. The zero-order chi connectivity index (χ0) is 10.1. The molecule has 0 radical (unpaired) electrons. The van der Waals surface area contributed by atoms with E-state index in [-0.39, 0.29) is 0 Å². The van der Waals surface area contributed by atoms with Gasteiger partial charge in [-0.25, -0.2) is 9.67 Å². The van der Waals surface area contributed by atoms with Gasteiger partial charge in [-0.1, -0.05) is 11.6 Å². The Morgan fingerprint density at radius 1 is 1.43 bits per heavy atom. The number of nitrogens with zero attached hydrogens (tertiary/aromatic N) is 3. The van der Waals surface area contributed by atoms with Crippen molar-refractivity contribution in [3.8, 4) is 11.4 Å². The molecule has 0 atom stereocenters. The van der Waals surface area contributed by atoms with Crippen molar-refractivity contribution in [2.45, 2.75) is 0 Å². The Hall–Kier alpha value is -1.55. The third-order valence-electron chi connectivity index (χ3n) is 1.97. The molecule has 1 heterocycles. The third kappa shape index (κ3) is 1.44. The van der Waals surface area contributed by atoms with Gasteiger partial charge >= 0.3 is 0 Å². The number of halogens is 1. The van der Waals surface area contributed by atoms with Gasteiger partial charge in [0.05, 0.1) is 0 Å². The van der Waals surface area contributed by atoms with Gasteiger partial charge in [0.25, 0.3) is 0 Å². The van der Waals surface area contributed by atoms with E-state index in [2.05, 4.69) is 10.1 Å². The fourth-order valence-corrected chi connectivity index (χ4v) is 1.43. The number of nitrogens with two attached hydrogens (primary N) is 1. The molecule has 1 aromatic heterocycles. The van der Waals surface area contributed by atoms with Gasteiger partial charge in [0.15, 0.2) is 5.82 Å². The van der Waals surface area contributed by atoms with Gasteiger partial charge in [-0.2, -0.15) is 5.10 Å². The topological polar surface area (TPSA) is 56.7 Å². The van der Waals surface area contributed by atoms with Crippen LogP contribution in [0.4, 0.5) is 5.69 Å². The Kier molecular flexibility index (Phi) is 2.13. The molecule has 2 rings (SSSR count). The van der Waals surface area contributed by atoms with Gasteiger partial charge in [-0.05, 0) is 18.2 Å². The molecule has 0 unspecified atom stereocenters. The average molecular weight is 209 g/mol. The molecule has 14 heavy (non-hydrogen) atoms. The fraction of sp³-hybridized carbons (Fsp3) is 0.111. The molecule has 0 fully saturated rings. The maximum atomic E-state index is 5.87. The van der Waals surface area contributed by atoms with Crippen LogP contribution in [0.1, 0.15) is 0 Å². The summed E-state index contributed by atoms with van der Waals surface area (Å²) < 4.78 is 1.65. The number of nitrogen functional groups attached to an aromatic ring is 1. The molecule has 0 aliphatic heterocycles. The maximum Gasteiger partial charge on any atom is 0.159 e. The first-order valence-corrected chi connectivity index (χ1v) is 4.45. The first kappa shape index (κ1) is 9.02. The first-order chi connectivity index (χ1) is 6.68. The van der Waals surface area contributed by atoms with Gasteiger partial charge in [0.2, 0.25) is 0 Å². The Balaban J connectivity index is 2.62. The SMILES string of the molecule is Cn1ncnc1-c1cc(Cl)ccc1N. The van der Waals surface area contributed by atoms with Crippen molar-refractivity contribution in [1.29, 1.82) is 0 Å². The normalized spacial score (nSPS) is 10.4. The van der Waals surface area contributed by atoms with E-state index in [9.17, 15) is 0 Å². The number of benzene rings is 1. The molecule has 0 aliphatic rings. The summed E-state index contributed by atoms with van der Waals surface area (Å²) >= 11 is 5.87. The average Bonchev–Trinajstić information content (AvgIpc) is 2.56. The Labute approximate surface area is 86.3 Å². The first-order valence-electron chi connectivity index (χ1n) is 4.08. The van der Waals surface area contributed by atoms with Crippen LogP contribution in [-0.4, -0.2) is 14.8 Å². The summed E-state index contributed by atoms with van der Waals surface area (Å²) in [6, 6.07) is 5.28. The molecule has 4 nitrogen and oxygen atoms in total. The predicted molar refractivity (Wildman–Crippen MR) is 55.9 cm³/mol. The van der Waals surface area contributed by atoms with Gasteiger partial charge in [0, 0.05) is 23.3 Å². The largest absolute Gasteiger partial charge is 0.398 e. The number of rotatable bonds is 1. The van der Waals surface area contributed by atoms with Crippen molar-refractivity contribution in [2.75, 3.05) is 5.73 Å². The van der Waals surface area contributed by atoms with Gasteiger partial charge in [-0.3, -0.25) is 0 Å². The highest BCUT2D eigenvalue weighted by Crippen LogP contribution is 2.26. The molecule has 0 aliphatic carbocycles. The number of aryl methyl sites for hydroxylation is 1. The van der Waals surface area contributed by atoms with Crippen LogP contribution in [0.5, 0.6) is 0 Å². The van der Waals surface area contributed by atoms with Crippen LogP contribution in [0.25, 0.3) is 11.4 Å². The Morgan fingerprint density at radius 3 is 2.86 bits per heavy atom. The lowest BCUT2D eigenvalue weighted by Gasteiger charge is -2.04. The van der Waals surface area contributed by atoms with E-state index in [0.29, 0.717) is 16.5 Å². The third-order valence-corrected chi connectivity index (χ3v) is 2.20. The smallest absolute Gasteiger partial charge is 0.159 e. The van der Waals surface area contributed by atoms with Crippen LogP contribution in [0.3, 0.4) is 0 Å². The van der Waals surface area contributed by atoms with Crippen molar-refractivity contribution < 1.29 is 0 Å². The quantitative estimate of drug-likeness (QED) is 0.726. The molecular formula is C9H9ClN4. The lowest BCUT2D eigenvalue weighted by Crippen LogP contribution is -1.97. The summed E-state index contributed by atoms with van der Waals surface area (Å²) in [4.78, 5) is 4.10. The zero-order valence-electron chi connectivity index (χ0n) is 7.61. The summed E-state index contributed by atoms with van der Waals surface area (Å²) in [6.45, 7) is 0. The molecule has 0 spiro atoms. The Morgan fingerprint density at radius 2 is 2.21 bits per heavy atom. The number of aromatic nitrogens is 3. The molecule has 0 bridgehead atoms. The van der Waals surface area contributed by atoms with E-state index in [1.54, 1.807) is 22.9 Å². The fourth-order valence-electron chi connectivity index (χ4n) is 1.26. The molecule has 0 saturated carbocycles. The summed E-state index contributed by atoms with van der Waals surface area (Å²) in [5.41, 5.74) is 7.26. The molecule has 2 aromatic rings. The van der Waals surface area contributed by atoms with Crippen molar-refractivity contribution in [3.05, 3.63) is 29.5 Å². The van der Waals surface area contributed by atoms with Gasteiger partial charge in [0.1, 0.15) is 6.33 Å². The molecule has 2 N–H and O–H groups in total. The highest BCUT2D eigenvalue weighted by atomic mass is 35.5. The molecular weight excluding hydrogens is 200 g/mol. The molecule has 5 heteroatoms. The highest BCUT2D eigenvalue weighted by Gasteiger charge is 2.08. The summed E-state index contributed by atoms with van der Waals surface area (Å²) in [6.07, 6.45) is 1.48. The summed E-state index contributed by atoms with van der Waals surface area (Å²) in [7, 11) is 1.81.